The Morgan fingerprint density at radius 2 is 1.66 bits per heavy atom. The number of primary amides is 1. The molecule has 2 rings (SSSR count). The fraction of sp³-hybridized carbons (Fsp3) is 0.688. The number of alkyl carbamates (subject to hydrolysis) is 1. The lowest BCUT2D eigenvalue weighted by atomic mass is 9.94. The molecule has 0 aromatic heterocycles. The minimum absolute atomic E-state index is 0.0492. The van der Waals surface area contributed by atoms with Gasteiger partial charge in [0.05, 0.1) is 6.42 Å². The molecule has 1 aliphatic rings. The van der Waals surface area contributed by atoms with E-state index in [9.17, 15) is 19.2 Å². The van der Waals surface area contributed by atoms with Crippen LogP contribution in [-0.2, 0) is 19.1 Å². The second-order valence-electron chi connectivity index (χ2n) is 12.4. The fourth-order valence-electron chi connectivity index (χ4n) is 5.24. The molecule has 230 valence electrons. The highest BCUT2D eigenvalue weighted by Gasteiger charge is 2.37. The normalized spacial score (nSPS) is 15.5. The molecule has 4 amide bonds. The summed E-state index contributed by atoms with van der Waals surface area (Å²) in [6.07, 6.45) is 8.59. The lowest BCUT2D eigenvalue weighted by molar-refractivity contribution is -0.143. The van der Waals surface area contributed by atoms with E-state index in [0.29, 0.717) is 18.5 Å². The van der Waals surface area contributed by atoms with E-state index in [1.165, 1.54) is 4.90 Å². The van der Waals surface area contributed by atoms with Gasteiger partial charge in [0.2, 0.25) is 17.7 Å². The van der Waals surface area contributed by atoms with Crippen LogP contribution >= 0.6 is 0 Å². The van der Waals surface area contributed by atoms with Gasteiger partial charge >= 0.3 is 6.09 Å². The predicted octanol–water partition coefficient (Wildman–Crippen LogP) is 5.36. The second kappa shape index (κ2) is 16.4. The standard InChI is InChI=1S/C32H52N4O5/c1-7-8-9-10-14-19-36(30(39)26(21-27(33)37)35-31(40)41-32(4,5)6)28(24-18-17-22(2)23(3)20-24)29(38)34-25-15-12-11-13-16-25/h17-18,20,25-26,28H,7-16,19,21H2,1-6H3,(H2,33,37)(H,34,38)(H,35,40). The van der Waals surface area contributed by atoms with Crippen molar-refractivity contribution in [3.05, 3.63) is 34.9 Å². The van der Waals surface area contributed by atoms with E-state index in [-0.39, 0.29) is 11.9 Å². The van der Waals surface area contributed by atoms with Crippen LogP contribution in [0.1, 0.15) is 121 Å². The maximum absolute atomic E-state index is 14.2. The smallest absolute Gasteiger partial charge is 0.408 e. The zero-order chi connectivity index (χ0) is 30.6. The zero-order valence-corrected chi connectivity index (χ0v) is 26.0. The number of ether oxygens (including phenoxy) is 1. The third-order valence-electron chi connectivity index (χ3n) is 7.54. The van der Waals surface area contributed by atoms with Gasteiger partial charge in [0.1, 0.15) is 17.7 Å². The van der Waals surface area contributed by atoms with Crippen LogP contribution in [0, 0.1) is 13.8 Å². The first-order valence-corrected chi connectivity index (χ1v) is 15.3. The van der Waals surface area contributed by atoms with Crippen molar-refractivity contribution in [2.24, 2.45) is 5.73 Å². The van der Waals surface area contributed by atoms with Gasteiger partial charge < -0.3 is 26.0 Å². The molecule has 9 nitrogen and oxygen atoms in total. The molecule has 9 heteroatoms. The van der Waals surface area contributed by atoms with E-state index in [2.05, 4.69) is 17.6 Å². The Hall–Kier alpha value is -3.10. The summed E-state index contributed by atoms with van der Waals surface area (Å²) in [5, 5.41) is 5.77. The molecule has 0 bridgehead atoms. The van der Waals surface area contributed by atoms with Crippen LogP contribution in [0.5, 0.6) is 0 Å². The maximum atomic E-state index is 14.2. The minimum atomic E-state index is -1.27. The van der Waals surface area contributed by atoms with Crippen LogP contribution in [0.4, 0.5) is 4.79 Å². The van der Waals surface area contributed by atoms with Crippen molar-refractivity contribution in [1.29, 1.82) is 0 Å². The summed E-state index contributed by atoms with van der Waals surface area (Å²) in [7, 11) is 0. The molecule has 2 atom stereocenters. The van der Waals surface area contributed by atoms with Crippen LogP contribution in [0.3, 0.4) is 0 Å². The van der Waals surface area contributed by atoms with Gasteiger partial charge in [-0.05, 0) is 70.6 Å². The number of nitrogens with two attached hydrogens (primary N) is 1. The van der Waals surface area contributed by atoms with Crippen LogP contribution in [0.2, 0.25) is 0 Å². The molecule has 0 heterocycles. The van der Waals surface area contributed by atoms with Gasteiger partial charge in [-0.15, -0.1) is 0 Å². The maximum Gasteiger partial charge on any atom is 0.408 e. The highest BCUT2D eigenvalue weighted by atomic mass is 16.6. The number of hydrogen-bond acceptors (Lipinski definition) is 5. The average Bonchev–Trinajstić information content (AvgIpc) is 2.88. The van der Waals surface area contributed by atoms with E-state index >= 15 is 0 Å². The molecule has 2 unspecified atom stereocenters. The van der Waals surface area contributed by atoms with Crippen molar-refractivity contribution < 1.29 is 23.9 Å². The molecule has 0 spiro atoms. The Morgan fingerprint density at radius 3 is 2.24 bits per heavy atom. The molecule has 1 aliphatic carbocycles. The molecule has 0 saturated heterocycles. The summed E-state index contributed by atoms with van der Waals surface area (Å²) >= 11 is 0. The summed E-state index contributed by atoms with van der Waals surface area (Å²) in [4.78, 5) is 54.5. The number of carbonyl (C=O) groups excluding carboxylic acids is 4. The minimum Gasteiger partial charge on any atom is -0.444 e. The van der Waals surface area contributed by atoms with Crippen LogP contribution in [-0.4, -0.2) is 52.9 Å². The largest absolute Gasteiger partial charge is 0.444 e. The van der Waals surface area contributed by atoms with Gasteiger partial charge in [0.15, 0.2) is 0 Å². The van der Waals surface area contributed by atoms with Crippen LogP contribution < -0.4 is 16.4 Å². The predicted molar refractivity (Wildman–Crippen MR) is 161 cm³/mol. The van der Waals surface area contributed by atoms with Gasteiger partial charge in [-0.2, -0.15) is 0 Å². The first kappa shape index (κ1) is 34.1. The molecule has 1 fully saturated rings. The number of aryl methyl sites for hydroxylation is 2. The lowest BCUT2D eigenvalue weighted by Crippen LogP contribution is -2.55. The number of unbranched alkanes of at least 4 members (excludes halogenated alkanes) is 4. The van der Waals surface area contributed by atoms with Crippen LogP contribution in [0.15, 0.2) is 18.2 Å². The molecule has 1 saturated carbocycles. The Morgan fingerprint density at radius 1 is 1.00 bits per heavy atom. The van der Waals surface area contributed by atoms with Gasteiger partial charge in [0.25, 0.3) is 0 Å². The third-order valence-corrected chi connectivity index (χ3v) is 7.54. The van der Waals surface area contributed by atoms with Gasteiger partial charge in [-0.1, -0.05) is 70.1 Å². The topological polar surface area (TPSA) is 131 Å². The van der Waals surface area contributed by atoms with E-state index < -0.39 is 42.0 Å². The summed E-state index contributed by atoms with van der Waals surface area (Å²) in [5.74, 6) is -1.53. The van der Waals surface area contributed by atoms with Crippen molar-refractivity contribution in [2.75, 3.05) is 6.54 Å². The molecule has 1 aromatic rings. The van der Waals surface area contributed by atoms with Crippen LogP contribution in [0.25, 0.3) is 0 Å². The van der Waals surface area contributed by atoms with Gasteiger partial charge in [-0.25, -0.2) is 4.79 Å². The number of benzene rings is 1. The van der Waals surface area contributed by atoms with Crippen molar-refractivity contribution in [1.82, 2.24) is 15.5 Å². The van der Waals surface area contributed by atoms with Crippen molar-refractivity contribution in [2.45, 2.75) is 136 Å². The Labute approximate surface area is 246 Å². The van der Waals surface area contributed by atoms with E-state index in [0.717, 1.165) is 68.9 Å². The second-order valence-corrected chi connectivity index (χ2v) is 12.4. The molecule has 1 aromatic carbocycles. The van der Waals surface area contributed by atoms with E-state index in [1.807, 2.05) is 32.0 Å². The van der Waals surface area contributed by atoms with Crippen molar-refractivity contribution in [3.63, 3.8) is 0 Å². The fourth-order valence-corrected chi connectivity index (χ4v) is 5.24. The summed E-state index contributed by atoms with van der Waals surface area (Å²) < 4.78 is 5.37. The molecule has 0 radical (unpaired) electrons. The molecular weight excluding hydrogens is 520 g/mol. The summed E-state index contributed by atoms with van der Waals surface area (Å²) in [6.45, 7) is 11.6. The highest BCUT2D eigenvalue weighted by Crippen LogP contribution is 2.27. The monoisotopic (exact) mass is 572 g/mol. The van der Waals surface area contributed by atoms with Gasteiger partial charge in [0, 0.05) is 12.6 Å². The lowest BCUT2D eigenvalue weighted by Gasteiger charge is -2.36. The molecule has 0 aliphatic heterocycles. The zero-order valence-electron chi connectivity index (χ0n) is 26.0. The molecule has 4 N–H and O–H groups in total. The number of amides is 4. The summed E-state index contributed by atoms with van der Waals surface area (Å²) in [5.41, 5.74) is 7.50. The van der Waals surface area contributed by atoms with E-state index in [4.69, 9.17) is 10.5 Å². The molecular formula is C32H52N4O5. The van der Waals surface area contributed by atoms with Gasteiger partial charge in [-0.3, -0.25) is 14.4 Å². The number of nitrogens with zero attached hydrogens (tertiary/aromatic N) is 1. The Kier molecular flexibility index (Phi) is 13.6. The number of nitrogens with one attached hydrogen (secondary N) is 2. The SMILES string of the molecule is CCCCCCCN(C(=O)C(CC(N)=O)NC(=O)OC(C)(C)C)C(C(=O)NC1CCCCC1)c1ccc(C)c(C)c1. The Balaban J connectivity index is 2.50. The molecule has 41 heavy (non-hydrogen) atoms. The average molecular weight is 573 g/mol. The number of carbonyl (C=O) groups is 4. The van der Waals surface area contributed by atoms with Crippen molar-refractivity contribution >= 4 is 23.8 Å². The van der Waals surface area contributed by atoms with Crippen molar-refractivity contribution in [3.8, 4) is 0 Å². The first-order chi connectivity index (χ1) is 19.3. The summed E-state index contributed by atoms with van der Waals surface area (Å²) in [6, 6.07) is 3.64. The van der Waals surface area contributed by atoms with E-state index in [1.54, 1.807) is 20.8 Å². The number of rotatable bonds is 14. The quantitative estimate of drug-likeness (QED) is 0.258. The first-order valence-electron chi connectivity index (χ1n) is 15.3. The Bertz CT molecular complexity index is 1030. The third kappa shape index (κ3) is 11.7. The highest BCUT2D eigenvalue weighted by molar-refractivity contribution is 5.94. The number of hydrogen-bond donors (Lipinski definition) is 3.